The zero-order valence-corrected chi connectivity index (χ0v) is 8.14. The molecule has 0 aliphatic carbocycles. The molecular formula is C10H7N5O. The highest BCUT2D eigenvalue weighted by atomic mass is 16.1. The van der Waals surface area contributed by atoms with E-state index < -0.39 is 0 Å². The van der Waals surface area contributed by atoms with E-state index in [-0.39, 0.29) is 22.7 Å². The van der Waals surface area contributed by atoms with Crippen LogP contribution < -0.4 is 11.3 Å². The second-order valence-electron chi connectivity index (χ2n) is 3.34. The number of hydrogen-bond acceptors (Lipinski definition) is 5. The first-order chi connectivity index (χ1) is 7.74. The molecule has 3 aromatic rings. The topological polar surface area (TPSA) is 97.5 Å². The van der Waals surface area contributed by atoms with Crippen LogP contribution in [0.4, 0.5) is 5.95 Å². The van der Waals surface area contributed by atoms with Crippen molar-refractivity contribution in [3.05, 3.63) is 34.6 Å². The maximum absolute atomic E-state index is 11.6. The lowest BCUT2D eigenvalue weighted by atomic mass is 10.3. The second kappa shape index (κ2) is 2.99. The molecule has 0 bridgehead atoms. The van der Waals surface area contributed by atoms with Gasteiger partial charge in [-0.05, 0) is 12.1 Å². The van der Waals surface area contributed by atoms with Crippen LogP contribution in [-0.4, -0.2) is 19.9 Å². The van der Waals surface area contributed by atoms with Crippen molar-refractivity contribution in [2.45, 2.75) is 0 Å². The number of hydrogen-bond donors (Lipinski definition) is 2. The molecule has 78 valence electrons. The van der Waals surface area contributed by atoms with Crippen LogP contribution in [0.1, 0.15) is 0 Å². The van der Waals surface area contributed by atoms with Gasteiger partial charge in [-0.1, -0.05) is 12.1 Å². The Morgan fingerprint density at radius 1 is 1.06 bits per heavy atom. The van der Waals surface area contributed by atoms with Gasteiger partial charge < -0.3 is 5.73 Å². The Morgan fingerprint density at radius 3 is 2.50 bits per heavy atom. The van der Waals surface area contributed by atoms with E-state index in [1.807, 2.05) is 12.1 Å². The molecule has 0 atom stereocenters. The first kappa shape index (κ1) is 8.78. The summed E-state index contributed by atoms with van der Waals surface area (Å²) in [6, 6.07) is 7.28. The Morgan fingerprint density at radius 2 is 1.75 bits per heavy atom. The van der Waals surface area contributed by atoms with Crippen molar-refractivity contribution < 1.29 is 0 Å². The van der Waals surface area contributed by atoms with Crippen LogP contribution in [0.2, 0.25) is 0 Å². The van der Waals surface area contributed by atoms with Gasteiger partial charge in [-0.2, -0.15) is 4.98 Å². The Kier molecular flexibility index (Phi) is 1.64. The van der Waals surface area contributed by atoms with Crippen LogP contribution in [0.5, 0.6) is 0 Å². The molecular weight excluding hydrogens is 206 g/mol. The van der Waals surface area contributed by atoms with Crippen molar-refractivity contribution in [1.82, 2.24) is 19.9 Å². The molecule has 0 spiro atoms. The number of anilines is 1. The number of nitrogens with zero attached hydrogens (tertiary/aromatic N) is 3. The normalized spacial score (nSPS) is 11.0. The molecule has 3 N–H and O–H groups in total. The van der Waals surface area contributed by atoms with Gasteiger partial charge in [0.15, 0.2) is 11.2 Å². The zero-order valence-electron chi connectivity index (χ0n) is 8.14. The molecule has 2 heterocycles. The molecule has 6 nitrogen and oxygen atoms in total. The second-order valence-corrected chi connectivity index (χ2v) is 3.34. The molecule has 0 radical (unpaired) electrons. The van der Waals surface area contributed by atoms with Crippen molar-refractivity contribution >= 4 is 28.1 Å². The van der Waals surface area contributed by atoms with E-state index in [0.29, 0.717) is 11.0 Å². The number of para-hydroxylation sites is 2. The number of H-pyrrole nitrogens is 1. The number of aromatic nitrogens is 4. The Bertz CT molecular complexity index is 749. The van der Waals surface area contributed by atoms with Crippen LogP contribution in [0.3, 0.4) is 0 Å². The van der Waals surface area contributed by atoms with Crippen molar-refractivity contribution in [2.75, 3.05) is 5.73 Å². The summed E-state index contributed by atoms with van der Waals surface area (Å²) in [7, 11) is 0. The molecule has 0 fully saturated rings. The summed E-state index contributed by atoms with van der Waals surface area (Å²) in [5, 5.41) is 0. The van der Waals surface area contributed by atoms with E-state index in [0.717, 1.165) is 0 Å². The lowest BCUT2D eigenvalue weighted by Gasteiger charge is -1.99. The lowest BCUT2D eigenvalue weighted by molar-refractivity contribution is 1.15. The molecule has 0 aliphatic heterocycles. The molecule has 16 heavy (non-hydrogen) atoms. The minimum absolute atomic E-state index is 0.0436. The van der Waals surface area contributed by atoms with Gasteiger partial charge in [0.25, 0.3) is 5.56 Å². The fourth-order valence-corrected chi connectivity index (χ4v) is 1.54. The molecule has 0 saturated carbocycles. The number of nitrogen functional groups attached to an aromatic ring is 1. The van der Waals surface area contributed by atoms with Crippen LogP contribution in [0.25, 0.3) is 22.2 Å². The van der Waals surface area contributed by atoms with Crippen molar-refractivity contribution in [1.29, 1.82) is 0 Å². The van der Waals surface area contributed by atoms with Gasteiger partial charge in [0.1, 0.15) is 0 Å². The van der Waals surface area contributed by atoms with E-state index >= 15 is 0 Å². The molecule has 6 heteroatoms. The van der Waals surface area contributed by atoms with Crippen LogP contribution in [0.15, 0.2) is 29.1 Å². The van der Waals surface area contributed by atoms with E-state index in [4.69, 9.17) is 5.73 Å². The molecule has 0 aliphatic rings. The monoisotopic (exact) mass is 213 g/mol. The minimum atomic E-state index is -0.374. The van der Waals surface area contributed by atoms with Crippen molar-refractivity contribution in [3.8, 4) is 0 Å². The Balaban J connectivity index is 2.56. The van der Waals surface area contributed by atoms with E-state index in [1.165, 1.54) is 0 Å². The van der Waals surface area contributed by atoms with Gasteiger partial charge in [0, 0.05) is 0 Å². The standard InChI is InChI=1S/C10H7N5O/c11-10-14-8-7(9(16)15-10)12-5-3-1-2-4-6(5)13-8/h1-4H,(H3,11,13,14,15,16). The van der Waals surface area contributed by atoms with Crippen LogP contribution >= 0.6 is 0 Å². The van der Waals surface area contributed by atoms with Gasteiger partial charge in [0.2, 0.25) is 5.95 Å². The fourth-order valence-electron chi connectivity index (χ4n) is 1.54. The quantitative estimate of drug-likeness (QED) is 0.528. The average molecular weight is 213 g/mol. The van der Waals surface area contributed by atoms with Gasteiger partial charge in [0.05, 0.1) is 11.0 Å². The van der Waals surface area contributed by atoms with Crippen molar-refractivity contribution in [2.24, 2.45) is 0 Å². The number of aromatic amines is 1. The lowest BCUT2D eigenvalue weighted by Crippen LogP contribution is -2.13. The Labute approximate surface area is 89.2 Å². The summed E-state index contributed by atoms with van der Waals surface area (Å²) in [6.45, 7) is 0. The number of nitrogens with one attached hydrogen (secondary N) is 1. The maximum Gasteiger partial charge on any atom is 0.280 e. The number of benzene rings is 1. The van der Waals surface area contributed by atoms with E-state index in [2.05, 4.69) is 19.9 Å². The zero-order chi connectivity index (χ0) is 11.1. The van der Waals surface area contributed by atoms with Gasteiger partial charge in [-0.3, -0.25) is 9.78 Å². The third-order valence-corrected chi connectivity index (χ3v) is 2.24. The predicted octanol–water partition coefficient (Wildman–Crippen LogP) is 0.448. The fraction of sp³-hybridized carbons (Fsp3) is 0. The smallest absolute Gasteiger partial charge is 0.280 e. The number of fused-ring (bicyclic) bond motifs is 2. The largest absolute Gasteiger partial charge is 0.369 e. The summed E-state index contributed by atoms with van der Waals surface area (Å²) in [5.41, 5.74) is 6.87. The number of nitrogens with two attached hydrogens (primary N) is 1. The minimum Gasteiger partial charge on any atom is -0.369 e. The van der Waals surface area contributed by atoms with Crippen LogP contribution in [0, 0.1) is 0 Å². The molecule has 0 unspecified atom stereocenters. The third-order valence-electron chi connectivity index (χ3n) is 2.24. The molecule has 0 amide bonds. The van der Waals surface area contributed by atoms with E-state index in [9.17, 15) is 4.79 Å². The van der Waals surface area contributed by atoms with Gasteiger partial charge >= 0.3 is 0 Å². The molecule has 0 saturated heterocycles. The molecule has 1 aromatic carbocycles. The SMILES string of the molecule is Nc1nc2nc3ccccc3nc2c(=O)[nH]1. The van der Waals surface area contributed by atoms with Crippen molar-refractivity contribution in [3.63, 3.8) is 0 Å². The predicted molar refractivity (Wildman–Crippen MR) is 59.9 cm³/mol. The van der Waals surface area contributed by atoms with E-state index in [1.54, 1.807) is 12.1 Å². The maximum atomic E-state index is 11.6. The van der Waals surface area contributed by atoms with Gasteiger partial charge in [-0.25, -0.2) is 9.97 Å². The Hall–Kier alpha value is -2.50. The average Bonchev–Trinajstić information content (AvgIpc) is 2.27. The summed E-state index contributed by atoms with van der Waals surface area (Å²) in [6.07, 6.45) is 0. The summed E-state index contributed by atoms with van der Waals surface area (Å²) in [4.78, 5) is 26.3. The highest BCUT2D eigenvalue weighted by Crippen LogP contribution is 2.11. The molecule has 3 rings (SSSR count). The third kappa shape index (κ3) is 1.20. The summed E-state index contributed by atoms with van der Waals surface area (Å²) < 4.78 is 0. The highest BCUT2D eigenvalue weighted by Gasteiger charge is 2.06. The number of rotatable bonds is 0. The van der Waals surface area contributed by atoms with Crippen LogP contribution in [-0.2, 0) is 0 Å². The van der Waals surface area contributed by atoms with Gasteiger partial charge in [-0.15, -0.1) is 0 Å². The summed E-state index contributed by atoms with van der Waals surface area (Å²) in [5.74, 6) is 0.0436. The first-order valence-electron chi connectivity index (χ1n) is 4.66. The highest BCUT2D eigenvalue weighted by molar-refractivity contribution is 5.83. The first-order valence-corrected chi connectivity index (χ1v) is 4.66. The molecule has 2 aromatic heterocycles. The summed E-state index contributed by atoms with van der Waals surface area (Å²) >= 11 is 0.